The highest BCUT2D eigenvalue weighted by Gasteiger charge is 2.11. The molecule has 6 heteroatoms. The molecule has 34 heavy (non-hydrogen) atoms. The van der Waals surface area contributed by atoms with Crippen LogP contribution in [-0.4, -0.2) is 35.3 Å². The molecule has 1 aromatic heterocycles. The van der Waals surface area contributed by atoms with Crippen LogP contribution in [0.15, 0.2) is 36.7 Å². The van der Waals surface area contributed by atoms with Gasteiger partial charge in [0.2, 0.25) is 5.88 Å². The summed E-state index contributed by atoms with van der Waals surface area (Å²) in [6, 6.07) is 7.92. The monoisotopic (exact) mass is 470 g/mol. The number of esters is 1. The quantitative estimate of drug-likeness (QED) is 0.170. The van der Waals surface area contributed by atoms with E-state index in [9.17, 15) is 4.79 Å². The number of hydrogen-bond acceptors (Lipinski definition) is 6. The molecular weight excluding hydrogens is 428 g/mol. The van der Waals surface area contributed by atoms with Crippen LogP contribution in [0, 0.1) is 0 Å². The van der Waals surface area contributed by atoms with Crippen molar-refractivity contribution in [1.29, 1.82) is 0 Å². The lowest BCUT2D eigenvalue weighted by Gasteiger charge is -2.14. The minimum atomic E-state index is -0.330. The number of carbonyl (C=O) groups is 1. The minimum Gasteiger partial charge on any atom is -0.494 e. The maximum Gasteiger partial charge on any atom is 0.306 e. The first-order valence-electron chi connectivity index (χ1n) is 13.0. The number of ether oxygens (including phenoxy) is 3. The Bertz CT molecular complexity index is 793. The molecule has 0 spiro atoms. The van der Waals surface area contributed by atoms with E-state index in [2.05, 4.69) is 23.8 Å². The van der Waals surface area contributed by atoms with E-state index in [1.807, 2.05) is 31.2 Å². The van der Waals surface area contributed by atoms with Crippen molar-refractivity contribution in [3.63, 3.8) is 0 Å². The van der Waals surface area contributed by atoms with Crippen LogP contribution in [-0.2, 0) is 9.53 Å². The van der Waals surface area contributed by atoms with Crippen molar-refractivity contribution in [3.05, 3.63) is 36.7 Å². The molecule has 0 aliphatic carbocycles. The lowest BCUT2D eigenvalue weighted by atomic mass is 10.1. The fourth-order valence-electron chi connectivity index (χ4n) is 3.55. The van der Waals surface area contributed by atoms with Crippen molar-refractivity contribution >= 4 is 5.97 Å². The summed E-state index contributed by atoms with van der Waals surface area (Å²) in [5.41, 5.74) is 1.73. The van der Waals surface area contributed by atoms with Gasteiger partial charge in [-0.1, -0.05) is 65.2 Å². The van der Waals surface area contributed by atoms with Crippen molar-refractivity contribution in [2.24, 2.45) is 0 Å². The Balaban J connectivity index is 1.69. The molecule has 0 radical (unpaired) electrons. The van der Waals surface area contributed by atoms with E-state index in [1.165, 1.54) is 32.1 Å². The number of rotatable bonds is 18. The highest BCUT2D eigenvalue weighted by atomic mass is 16.6. The van der Waals surface area contributed by atoms with Crippen LogP contribution in [0.2, 0.25) is 0 Å². The molecule has 6 nitrogen and oxygen atoms in total. The highest BCUT2D eigenvalue weighted by Crippen LogP contribution is 2.21. The molecule has 0 N–H and O–H groups in total. The van der Waals surface area contributed by atoms with Gasteiger partial charge in [-0.25, -0.2) is 9.97 Å². The summed E-state index contributed by atoms with van der Waals surface area (Å²) in [6.07, 6.45) is 15.2. The zero-order valence-electron chi connectivity index (χ0n) is 21.3. The van der Waals surface area contributed by atoms with Crippen molar-refractivity contribution < 1.29 is 19.0 Å². The maximum absolute atomic E-state index is 11.9. The topological polar surface area (TPSA) is 70.5 Å². The number of benzene rings is 1. The normalized spacial score (nSPS) is 11.7. The molecule has 1 unspecified atom stereocenters. The van der Waals surface area contributed by atoms with Gasteiger partial charge in [-0.05, 0) is 44.0 Å². The van der Waals surface area contributed by atoms with Gasteiger partial charge in [0.1, 0.15) is 18.5 Å². The molecule has 2 aromatic rings. The van der Waals surface area contributed by atoms with Gasteiger partial charge in [-0.15, -0.1) is 0 Å². The largest absolute Gasteiger partial charge is 0.494 e. The van der Waals surface area contributed by atoms with E-state index in [1.54, 1.807) is 12.4 Å². The molecular formula is C28H42N2O4. The van der Waals surface area contributed by atoms with Gasteiger partial charge in [0, 0.05) is 12.0 Å². The molecule has 0 saturated carbocycles. The zero-order valence-corrected chi connectivity index (χ0v) is 21.3. The third kappa shape index (κ3) is 11.5. The average Bonchev–Trinajstić information content (AvgIpc) is 2.85. The maximum atomic E-state index is 11.9. The van der Waals surface area contributed by atoms with E-state index in [0.29, 0.717) is 12.3 Å². The van der Waals surface area contributed by atoms with E-state index in [-0.39, 0.29) is 18.7 Å². The molecule has 1 aromatic carbocycles. The molecule has 188 valence electrons. The van der Waals surface area contributed by atoms with Crippen LogP contribution in [0.25, 0.3) is 11.3 Å². The number of nitrogens with zero attached hydrogens (tertiary/aromatic N) is 2. The second-order valence-corrected chi connectivity index (χ2v) is 8.80. The third-order valence-electron chi connectivity index (χ3n) is 5.58. The van der Waals surface area contributed by atoms with Crippen molar-refractivity contribution in [2.75, 3.05) is 13.2 Å². The minimum absolute atomic E-state index is 0.173. The van der Waals surface area contributed by atoms with Crippen LogP contribution in [0.3, 0.4) is 0 Å². The second kappa shape index (κ2) is 16.9. The summed E-state index contributed by atoms with van der Waals surface area (Å²) in [5.74, 6) is 1.11. The Morgan fingerprint density at radius 1 is 0.824 bits per heavy atom. The number of hydrogen-bond donors (Lipinski definition) is 0. The van der Waals surface area contributed by atoms with Gasteiger partial charge in [0.05, 0.1) is 24.7 Å². The number of aromatic nitrogens is 2. The molecule has 2 rings (SSSR count). The molecule has 1 heterocycles. The molecule has 0 bridgehead atoms. The van der Waals surface area contributed by atoms with Gasteiger partial charge in [0.15, 0.2) is 0 Å². The first-order chi connectivity index (χ1) is 16.6. The Morgan fingerprint density at radius 2 is 1.50 bits per heavy atom. The van der Waals surface area contributed by atoms with Gasteiger partial charge < -0.3 is 14.2 Å². The Kier molecular flexibility index (Phi) is 13.7. The molecule has 0 fully saturated rings. The number of unbranched alkanes of at least 4 members (excludes halogenated alkanes) is 8. The molecule has 1 atom stereocenters. The summed E-state index contributed by atoms with van der Waals surface area (Å²) < 4.78 is 16.9. The predicted molar refractivity (Wildman–Crippen MR) is 136 cm³/mol. The van der Waals surface area contributed by atoms with E-state index >= 15 is 0 Å². The second-order valence-electron chi connectivity index (χ2n) is 8.80. The predicted octanol–water partition coefficient (Wildman–Crippen LogP) is 7.16. The summed E-state index contributed by atoms with van der Waals surface area (Å²) in [5, 5.41) is 0. The standard InChI is InChI=1S/C28H42N2O4/c1-4-6-8-10-11-13-19-32-25-17-15-24(16-18-25)26-20-30-27(21-29-26)33-22-23(3)34-28(31)14-12-9-7-5-2/h15-18,20-21,23H,4-14,19,22H2,1-3H3. The van der Waals surface area contributed by atoms with Crippen molar-refractivity contribution in [2.45, 2.75) is 97.5 Å². The third-order valence-corrected chi connectivity index (χ3v) is 5.58. The fraction of sp³-hybridized carbons (Fsp3) is 0.607. The Morgan fingerprint density at radius 3 is 2.18 bits per heavy atom. The Hall–Kier alpha value is -2.63. The molecule has 0 amide bonds. The fourth-order valence-corrected chi connectivity index (χ4v) is 3.55. The Labute approximate surface area is 205 Å². The van der Waals surface area contributed by atoms with E-state index < -0.39 is 0 Å². The average molecular weight is 471 g/mol. The zero-order chi connectivity index (χ0) is 24.4. The van der Waals surface area contributed by atoms with Crippen LogP contribution >= 0.6 is 0 Å². The first-order valence-corrected chi connectivity index (χ1v) is 13.0. The smallest absolute Gasteiger partial charge is 0.306 e. The van der Waals surface area contributed by atoms with Crippen LogP contribution in [0.1, 0.15) is 91.4 Å². The lowest BCUT2D eigenvalue weighted by Crippen LogP contribution is -2.22. The highest BCUT2D eigenvalue weighted by molar-refractivity contribution is 5.69. The SMILES string of the molecule is CCCCCCCCOc1ccc(-c2cnc(OCC(C)OC(=O)CCCCCC)cn2)cc1. The number of carbonyl (C=O) groups excluding carboxylic acids is 1. The van der Waals surface area contributed by atoms with Gasteiger partial charge in [0.25, 0.3) is 0 Å². The van der Waals surface area contributed by atoms with Crippen molar-refractivity contribution in [1.82, 2.24) is 9.97 Å². The molecule has 0 saturated heterocycles. The van der Waals surface area contributed by atoms with Crippen LogP contribution < -0.4 is 9.47 Å². The van der Waals surface area contributed by atoms with E-state index in [0.717, 1.165) is 55.7 Å². The van der Waals surface area contributed by atoms with Crippen LogP contribution in [0.4, 0.5) is 0 Å². The van der Waals surface area contributed by atoms with Gasteiger partial charge in [-0.3, -0.25) is 4.79 Å². The summed E-state index contributed by atoms with van der Waals surface area (Å²) in [7, 11) is 0. The van der Waals surface area contributed by atoms with E-state index in [4.69, 9.17) is 14.2 Å². The van der Waals surface area contributed by atoms with Crippen LogP contribution in [0.5, 0.6) is 11.6 Å². The first kappa shape index (κ1) is 27.6. The van der Waals surface area contributed by atoms with Gasteiger partial charge in [-0.2, -0.15) is 0 Å². The summed E-state index contributed by atoms with van der Waals surface area (Å²) in [4.78, 5) is 20.6. The summed E-state index contributed by atoms with van der Waals surface area (Å²) >= 11 is 0. The summed E-state index contributed by atoms with van der Waals surface area (Å²) in [6.45, 7) is 7.21. The lowest BCUT2D eigenvalue weighted by molar-refractivity contribution is -0.149. The van der Waals surface area contributed by atoms with Gasteiger partial charge >= 0.3 is 5.97 Å². The van der Waals surface area contributed by atoms with Crippen molar-refractivity contribution in [3.8, 4) is 22.9 Å². The molecule has 0 aliphatic heterocycles. The molecule has 0 aliphatic rings.